The molecule has 0 N–H and O–H groups in total. The van der Waals surface area contributed by atoms with Crippen LogP contribution in [0.1, 0.15) is 66.2 Å². The van der Waals surface area contributed by atoms with Crippen LogP contribution in [-0.4, -0.2) is 51.1 Å². The lowest BCUT2D eigenvalue weighted by Crippen LogP contribution is -2.62. The minimum absolute atomic E-state index is 0.000136. The average molecular weight is 411 g/mol. The Morgan fingerprint density at radius 2 is 1.73 bits per heavy atom. The van der Waals surface area contributed by atoms with Crippen LogP contribution in [0.4, 0.5) is 5.69 Å². The van der Waals surface area contributed by atoms with Crippen molar-refractivity contribution in [2.75, 3.05) is 13.1 Å². The van der Waals surface area contributed by atoms with Crippen molar-refractivity contribution >= 4 is 23.4 Å². The molecular formula is C22H25N3O5. The van der Waals surface area contributed by atoms with E-state index >= 15 is 0 Å². The first kappa shape index (κ1) is 19.2. The molecule has 8 nitrogen and oxygen atoms in total. The Morgan fingerprint density at radius 1 is 1.13 bits per heavy atom. The predicted octanol–water partition coefficient (Wildman–Crippen LogP) is 3.01. The van der Waals surface area contributed by atoms with Gasteiger partial charge in [0.25, 0.3) is 17.5 Å². The minimum atomic E-state index is -0.753. The van der Waals surface area contributed by atoms with Gasteiger partial charge >= 0.3 is 0 Å². The van der Waals surface area contributed by atoms with Crippen molar-refractivity contribution in [3.8, 4) is 0 Å². The lowest BCUT2D eigenvalue weighted by atomic mass is 9.52. The van der Waals surface area contributed by atoms with Crippen molar-refractivity contribution < 1.29 is 19.3 Å². The van der Waals surface area contributed by atoms with Crippen molar-refractivity contribution in [1.29, 1.82) is 0 Å². The Balaban J connectivity index is 1.40. The molecule has 30 heavy (non-hydrogen) atoms. The molecule has 6 rings (SSSR count). The molecule has 0 radical (unpaired) electrons. The second-order valence-corrected chi connectivity index (χ2v) is 9.43. The first-order valence-corrected chi connectivity index (χ1v) is 10.8. The van der Waals surface area contributed by atoms with E-state index < -0.39 is 22.4 Å². The fraction of sp³-hybridized carbons (Fsp3) is 0.591. The number of nitrogens with zero attached hydrogens (tertiary/aromatic N) is 3. The number of carbonyl (C=O) groups is 3. The van der Waals surface area contributed by atoms with E-state index in [1.807, 2.05) is 11.8 Å². The summed E-state index contributed by atoms with van der Waals surface area (Å²) in [5.74, 6) is 0.377. The Bertz CT molecular complexity index is 936. The summed E-state index contributed by atoms with van der Waals surface area (Å²) in [4.78, 5) is 52.4. The maximum Gasteiger partial charge on any atom is 0.282 e. The van der Waals surface area contributed by atoms with Crippen LogP contribution in [0.3, 0.4) is 0 Å². The highest BCUT2D eigenvalue weighted by Gasteiger charge is 2.54. The van der Waals surface area contributed by atoms with Gasteiger partial charge in [0.1, 0.15) is 12.1 Å². The molecule has 158 valence electrons. The summed E-state index contributed by atoms with van der Waals surface area (Å²) in [5.41, 5.74) is -0.766. The molecule has 8 heteroatoms. The first-order chi connectivity index (χ1) is 14.3. The number of likely N-dealkylation sites (N-methyl/N-ethyl adjacent to an activating group) is 1. The molecule has 0 aromatic heterocycles. The fourth-order valence-electron chi connectivity index (χ4n) is 7.00. The van der Waals surface area contributed by atoms with Gasteiger partial charge in [-0.1, -0.05) is 6.07 Å². The van der Waals surface area contributed by atoms with Gasteiger partial charge in [0.2, 0.25) is 5.91 Å². The molecule has 0 atom stereocenters. The van der Waals surface area contributed by atoms with Crippen LogP contribution in [0.2, 0.25) is 0 Å². The molecule has 1 aliphatic heterocycles. The van der Waals surface area contributed by atoms with E-state index in [-0.39, 0.29) is 29.1 Å². The normalized spacial score (nSPS) is 31.2. The van der Waals surface area contributed by atoms with Crippen molar-refractivity contribution in [3.05, 3.63) is 39.4 Å². The number of nitro benzene ring substituents is 1. The van der Waals surface area contributed by atoms with Crippen LogP contribution in [0.25, 0.3) is 0 Å². The van der Waals surface area contributed by atoms with Crippen LogP contribution in [0.5, 0.6) is 0 Å². The maximum atomic E-state index is 13.4. The SMILES string of the molecule is CCN(C(=O)CN1C(=O)c2cccc([N+](=O)[O-])c2C1=O)C12CC3CC(CC(C3)C1)C2. The topological polar surface area (TPSA) is 101 Å². The van der Waals surface area contributed by atoms with Crippen LogP contribution in [-0.2, 0) is 4.79 Å². The van der Waals surface area contributed by atoms with Gasteiger partial charge in [0.15, 0.2) is 0 Å². The van der Waals surface area contributed by atoms with Crippen LogP contribution in [0, 0.1) is 27.9 Å². The van der Waals surface area contributed by atoms with E-state index in [2.05, 4.69) is 0 Å². The van der Waals surface area contributed by atoms with E-state index in [0.29, 0.717) is 24.3 Å². The molecule has 1 aromatic rings. The van der Waals surface area contributed by atoms with E-state index in [9.17, 15) is 24.5 Å². The highest BCUT2D eigenvalue weighted by atomic mass is 16.6. The van der Waals surface area contributed by atoms with Crippen molar-refractivity contribution in [1.82, 2.24) is 9.80 Å². The summed E-state index contributed by atoms with van der Waals surface area (Å²) < 4.78 is 0. The molecule has 4 bridgehead atoms. The van der Waals surface area contributed by atoms with E-state index in [1.54, 1.807) is 0 Å². The number of hydrogen-bond acceptors (Lipinski definition) is 5. The summed E-state index contributed by atoms with van der Waals surface area (Å²) in [6.45, 7) is 2.12. The summed E-state index contributed by atoms with van der Waals surface area (Å²) in [7, 11) is 0. The highest BCUT2D eigenvalue weighted by molar-refractivity contribution is 6.24. The first-order valence-electron chi connectivity index (χ1n) is 10.8. The monoisotopic (exact) mass is 411 g/mol. The molecule has 1 heterocycles. The fourth-order valence-corrected chi connectivity index (χ4v) is 7.00. The van der Waals surface area contributed by atoms with Crippen molar-refractivity contribution in [3.63, 3.8) is 0 Å². The van der Waals surface area contributed by atoms with Crippen molar-refractivity contribution in [2.45, 2.75) is 51.0 Å². The molecule has 0 spiro atoms. The molecule has 0 unspecified atom stereocenters. The zero-order chi connectivity index (χ0) is 21.2. The maximum absolute atomic E-state index is 13.4. The number of amides is 3. The van der Waals surface area contributed by atoms with E-state index in [4.69, 9.17) is 0 Å². The molecule has 4 fully saturated rings. The number of benzene rings is 1. The van der Waals surface area contributed by atoms with Crippen LogP contribution in [0.15, 0.2) is 18.2 Å². The van der Waals surface area contributed by atoms with Gasteiger partial charge in [0, 0.05) is 18.2 Å². The summed E-state index contributed by atoms with van der Waals surface area (Å²) >= 11 is 0. The number of imide groups is 1. The number of hydrogen-bond donors (Lipinski definition) is 0. The Hall–Kier alpha value is -2.77. The molecule has 4 aliphatic carbocycles. The lowest BCUT2D eigenvalue weighted by Gasteiger charge is -2.60. The number of carbonyl (C=O) groups excluding carboxylic acids is 3. The second-order valence-electron chi connectivity index (χ2n) is 9.43. The molecule has 4 saturated carbocycles. The van der Waals surface area contributed by atoms with Crippen LogP contribution < -0.4 is 0 Å². The highest BCUT2D eigenvalue weighted by Crippen LogP contribution is 2.57. The van der Waals surface area contributed by atoms with E-state index in [1.165, 1.54) is 37.5 Å². The van der Waals surface area contributed by atoms with Crippen molar-refractivity contribution in [2.24, 2.45) is 17.8 Å². The Morgan fingerprint density at radius 3 is 2.27 bits per heavy atom. The largest absolute Gasteiger partial charge is 0.336 e. The minimum Gasteiger partial charge on any atom is -0.336 e. The Labute approximate surface area is 174 Å². The molecule has 1 aromatic carbocycles. The van der Waals surface area contributed by atoms with Crippen LogP contribution >= 0.6 is 0 Å². The van der Waals surface area contributed by atoms with Gasteiger partial charge in [0.05, 0.1) is 10.5 Å². The van der Waals surface area contributed by atoms with Gasteiger partial charge in [-0.05, 0) is 69.3 Å². The summed E-state index contributed by atoms with van der Waals surface area (Å²) in [6, 6.07) is 4.01. The summed E-state index contributed by atoms with van der Waals surface area (Å²) in [6.07, 6.45) is 6.79. The standard InChI is InChI=1S/C22H25N3O5/c1-2-24(22-9-13-6-14(10-22)8-15(7-13)11-22)18(26)12-23-20(27)16-4-3-5-17(25(29)30)19(16)21(23)28/h3-5,13-15H,2,6-12H2,1H3. The number of rotatable bonds is 5. The molecular weight excluding hydrogens is 386 g/mol. The molecule has 5 aliphatic rings. The van der Waals surface area contributed by atoms with Gasteiger partial charge in [-0.2, -0.15) is 0 Å². The van der Waals surface area contributed by atoms with Gasteiger partial charge in [-0.15, -0.1) is 0 Å². The van der Waals surface area contributed by atoms with Gasteiger partial charge in [-0.25, -0.2) is 0 Å². The zero-order valence-electron chi connectivity index (χ0n) is 17.0. The average Bonchev–Trinajstić information content (AvgIpc) is 2.92. The molecule has 0 saturated heterocycles. The third-order valence-corrected chi connectivity index (χ3v) is 7.66. The van der Waals surface area contributed by atoms with Gasteiger partial charge < -0.3 is 4.90 Å². The van der Waals surface area contributed by atoms with E-state index in [0.717, 1.165) is 24.2 Å². The third-order valence-electron chi connectivity index (χ3n) is 7.66. The smallest absolute Gasteiger partial charge is 0.282 e. The zero-order valence-corrected chi connectivity index (χ0v) is 17.0. The second kappa shape index (κ2) is 6.62. The number of fused-ring (bicyclic) bond motifs is 1. The predicted molar refractivity (Wildman–Crippen MR) is 107 cm³/mol. The molecule has 3 amide bonds. The third kappa shape index (κ3) is 2.69. The number of nitro groups is 1. The Kier molecular flexibility index (Phi) is 4.24. The summed E-state index contributed by atoms with van der Waals surface area (Å²) in [5, 5.41) is 11.3. The van der Waals surface area contributed by atoms with Gasteiger partial charge in [-0.3, -0.25) is 29.4 Å². The lowest BCUT2D eigenvalue weighted by molar-refractivity contribution is -0.385. The quantitative estimate of drug-likeness (QED) is 0.421.